The zero-order valence-electron chi connectivity index (χ0n) is 11.9. The molecule has 108 valence electrons. The molecule has 20 heavy (non-hydrogen) atoms. The Bertz CT molecular complexity index is 479. The molecule has 1 aromatic carbocycles. The fourth-order valence-electron chi connectivity index (χ4n) is 1.56. The molecule has 0 saturated carbocycles. The average Bonchev–Trinajstić information content (AvgIpc) is 2.49. The van der Waals surface area contributed by atoms with Gasteiger partial charge in [-0.3, -0.25) is 9.59 Å². The summed E-state index contributed by atoms with van der Waals surface area (Å²) >= 11 is 0. The first-order valence-electron chi connectivity index (χ1n) is 6.38. The van der Waals surface area contributed by atoms with Gasteiger partial charge in [-0.25, -0.2) is 5.43 Å². The van der Waals surface area contributed by atoms with Gasteiger partial charge in [-0.2, -0.15) is 5.10 Å². The van der Waals surface area contributed by atoms with E-state index >= 15 is 0 Å². The van der Waals surface area contributed by atoms with Crippen LogP contribution in [0.1, 0.15) is 19.4 Å². The van der Waals surface area contributed by atoms with E-state index in [2.05, 4.69) is 10.5 Å². The van der Waals surface area contributed by atoms with Gasteiger partial charge in [0.15, 0.2) is 0 Å². The van der Waals surface area contributed by atoms with Crippen LogP contribution in [0.15, 0.2) is 29.4 Å². The van der Waals surface area contributed by atoms with Crippen molar-refractivity contribution in [3.63, 3.8) is 0 Å². The summed E-state index contributed by atoms with van der Waals surface area (Å²) in [5.41, 5.74) is 3.01. The molecule has 6 nitrogen and oxygen atoms in total. The molecule has 0 heterocycles. The second kappa shape index (κ2) is 7.93. The van der Waals surface area contributed by atoms with E-state index in [1.54, 1.807) is 31.4 Å². The summed E-state index contributed by atoms with van der Waals surface area (Å²) in [4.78, 5) is 24.6. The highest BCUT2D eigenvalue weighted by Crippen LogP contribution is 2.09. The first kappa shape index (κ1) is 15.7. The third kappa shape index (κ3) is 4.38. The largest absolute Gasteiger partial charge is 0.497 e. The van der Waals surface area contributed by atoms with Crippen LogP contribution in [-0.4, -0.2) is 43.1 Å². The Morgan fingerprint density at radius 1 is 1.25 bits per heavy atom. The molecule has 0 atom stereocenters. The lowest BCUT2D eigenvalue weighted by molar-refractivity contribution is -0.145. The monoisotopic (exact) mass is 277 g/mol. The average molecular weight is 277 g/mol. The molecule has 0 bridgehead atoms. The minimum Gasteiger partial charge on any atom is -0.497 e. The Kier molecular flexibility index (Phi) is 6.22. The molecule has 1 aromatic rings. The molecule has 6 heteroatoms. The molecule has 0 unspecified atom stereocenters. The maximum Gasteiger partial charge on any atom is 0.329 e. The van der Waals surface area contributed by atoms with E-state index in [0.717, 1.165) is 11.3 Å². The van der Waals surface area contributed by atoms with Gasteiger partial charge in [0.05, 0.1) is 13.3 Å². The first-order valence-corrected chi connectivity index (χ1v) is 6.38. The first-order chi connectivity index (χ1) is 9.62. The van der Waals surface area contributed by atoms with Crippen LogP contribution in [0.4, 0.5) is 0 Å². The van der Waals surface area contributed by atoms with E-state index in [4.69, 9.17) is 4.74 Å². The number of hydrazone groups is 1. The van der Waals surface area contributed by atoms with Crippen molar-refractivity contribution in [3.8, 4) is 5.75 Å². The fourth-order valence-corrected chi connectivity index (χ4v) is 1.56. The molecule has 0 spiro atoms. The number of hydrogen-bond donors (Lipinski definition) is 1. The predicted molar refractivity (Wildman–Crippen MR) is 76.7 cm³/mol. The second-order valence-corrected chi connectivity index (χ2v) is 3.95. The zero-order chi connectivity index (χ0) is 15.0. The maximum absolute atomic E-state index is 11.7. The normalized spacial score (nSPS) is 10.3. The Morgan fingerprint density at radius 2 is 1.85 bits per heavy atom. The van der Waals surface area contributed by atoms with Gasteiger partial charge in [0, 0.05) is 13.1 Å². The summed E-state index contributed by atoms with van der Waals surface area (Å²) in [6, 6.07) is 7.15. The highest BCUT2D eigenvalue weighted by atomic mass is 16.5. The minimum absolute atomic E-state index is 0.491. The minimum atomic E-state index is -0.738. The molecule has 0 aliphatic carbocycles. The van der Waals surface area contributed by atoms with Gasteiger partial charge in [-0.15, -0.1) is 0 Å². The third-order valence-corrected chi connectivity index (χ3v) is 2.74. The molecular formula is C14H19N3O3. The third-order valence-electron chi connectivity index (χ3n) is 2.74. The number of carbonyl (C=O) groups is 2. The lowest BCUT2D eigenvalue weighted by Gasteiger charge is -2.16. The Labute approximate surface area is 118 Å². The van der Waals surface area contributed by atoms with Gasteiger partial charge in [0.25, 0.3) is 0 Å². The number of benzene rings is 1. The lowest BCUT2D eigenvalue weighted by atomic mass is 10.2. The summed E-state index contributed by atoms with van der Waals surface area (Å²) in [6.07, 6.45) is 1.47. The molecule has 2 amide bonds. The standard InChI is InChI=1S/C14H19N3O3/c1-4-17(5-2)14(19)13(18)16-15-10-11-6-8-12(20-3)9-7-11/h6-10H,4-5H2,1-3H3,(H,16,18)/b15-10+. The van der Waals surface area contributed by atoms with Crippen molar-refractivity contribution in [3.05, 3.63) is 29.8 Å². The number of nitrogens with one attached hydrogen (secondary N) is 1. The van der Waals surface area contributed by atoms with Gasteiger partial charge < -0.3 is 9.64 Å². The Morgan fingerprint density at radius 3 is 2.35 bits per heavy atom. The van der Waals surface area contributed by atoms with Crippen molar-refractivity contribution >= 4 is 18.0 Å². The molecular weight excluding hydrogens is 258 g/mol. The smallest absolute Gasteiger partial charge is 0.329 e. The number of methoxy groups -OCH3 is 1. The zero-order valence-corrected chi connectivity index (χ0v) is 11.9. The van der Waals surface area contributed by atoms with Gasteiger partial charge in [0.2, 0.25) is 0 Å². The maximum atomic E-state index is 11.7. The number of nitrogens with zero attached hydrogens (tertiary/aromatic N) is 2. The number of amides is 2. The van der Waals surface area contributed by atoms with Crippen LogP contribution >= 0.6 is 0 Å². The van der Waals surface area contributed by atoms with Crippen molar-refractivity contribution in [2.75, 3.05) is 20.2 Å². The van der Waals surface area contributed by atoms with E-state index in [-0.39, 0.29) is 0 Å². The molecule has 0 aromatic heterocycles. The van der Waals surface area contributed by atoms with E-state index < -0.39 is 11.8 Å². The number of hydrogen-bond acceptors (Lipinski definition) is 4. The summed E-state index contributed by atoms with van der Waals surface area (Å²) in [5, 5.41) is 3.76. The topological polar surface area (TPSA) is 71.0 Å². The van der Waals surface area contributed by atoms with Crippen LogP contribution in [0, 0.1) is 0 Å². The molecule has 0 radical (unpaired) electrons. The van der Waals surface area contributed by atoms with Crippen LogP contribution in [0.25, 0.3) is 0 Å². The van der Waals surface area contributed by atoms with E-state index in [0.29, 0.717) is 13.1 Å². The molecule has 0 aliphatic rings. The van der Waals surface area contributed by atoms with Crippen molar-refractivity contribution in [1.29, 1.82) is 0 Å². The van der Waals surface area contributed by atoms with E-state index in [1.165, 1.54) is 11.1 Å². The Hall–Kier alpha value is -2.37. The number of carbonyl (C=O) groups excluding carboxylic acids is 2. The van der Waals surface area contributed by atoms with Crippen molar-refractivity contribution < 1.29 is 14.3 Å². The van der Waals surface area contributed by atoms with E-state index in [1.807, 2.05) is 13.8 Å². The van der Waals surface area contributed by atoms with Crippen LogP contribution in [0.5, 0.6) is 5.75 Å². The second-order valence-electron chi connectivity index (χ2n) is 3.95. The van der Waals surface area contributed by atoms with Gasteiger partial charge in [-0.1, -0.05) is 0 Å². The van der Waals surface area contributed by atoms with Crippen molar-refractivity contribution in [2.24, 2.45) is 5.10 Å². The number of likely N-dealkylation sites (N-methyl/N-ethyl adjacent to an activating group) is 1. The number of rotatable bonds is 5. The van der Waals surface area contributed by atoms with Crippen molar-refractivity contribution in [1.82, 2.24) is 10.3 Å². The quantitative estimate of drug-likeness (QED) is 0.496. The van der Waals surface area contributed by atoms with Crippen molar-refractivity contribution in [2.45, 2.75) is 13.8 Å². The number of ether oxygens (including phenoxy) is 1. The lowest BCUT2D eigenvalue weighted by Crippen LogP contribution is -2.41. The summed E-state index contributed by atoms with van der Waals surface area (Å²) in [7, 11) is 1.59. The molecule has 0 saturated heterocycles. The molecule has 0 fully saturated rings. The fraction of sp³-hybridized carbons (Fsp3) is 0.357. The molecule has 0 aliphatic heterocycles. The summed E-state index contributed by atoms with van der Waals surface area (Å²) < 4.78 is 5.03. The summed E-state index contributed by atoms with van der Waals surface area (Å²) in [6.45, 7) is 4.61. The summed E-state index contributed by atoms with van der Waals surface area (Å²) in [5.74, 6) is -0.580. The Balaban J connectivity index is 2.55. The molecule has 1 rings (SSSR count). The molecule has 1 N–H and O–H groups in total. The van der Waals surface area contributed by atoms with Gasteiger partial charge in [-0.05, 0) is 43.7 Å². The predicted octanol–water partition coefficient (Wildman–Crippen LogP) is 1.01. The van der Waals surface area contributed by atoms with Crippen LogP contribution in [0.3, 0.4) is 0 Å². The highest BCUT2D eigenvalue weighted by Gasteiger charge is 2.18. The highest BCUT2D eigenvalue weighted by molar-refractivity contribution is 6.34. The van der Waals surface area contributed by atoms with E-state index in [9.17, 15) is 9.59 Å². The van der Waals surface area contributed by atoms with Gasteiger partial charge in [0.1, 0.15) is 5.75 Å². The van der Waals surface area contributed by atoms with Crippen LogP contribution in [-0.2, 0) is 9.59 Å². The van der Waals surface area contributed by atoms with Gasteiger partial charge >= 0.3 is 11.8 Å². The van der Waals surface area contributed by atoms with Crippen LogP contribution in [0.2, 0.25) is 0 Å². The van der Waals surface area contributed by atoms with Crippen LogP contribution < -0.4 is 10.2 Å². The SMILES string of the molecule is CCN(CC)C(=O)C(=O)N/N=C/c1ccc(OC)cc1.